The van der Waals surface area contributed by atoms with E-state index in [1.807, 2.05) is 18.5 Å². The van der Waals surface area contributed by atoms with Crippen LogP contribution in [0.1, 0.15) is 35.8 Å². The van der Waals surface area contributed by atoms with Crippen LogP contribution < -0.4 is 5.32 Å². The first-order chi connectivity index (χ1) is 9.80. The van der Waals surface area contributed by atoms with Crippen molar-refractivity contribution >= 4 is 15.8 Å². The van der Waals surface area contributed by atoms with Crippen LogP contribution in [0, 0.1) is 13.8 Å². The van der Waals surface area contributed by atoms with E-state index >= 15 is 0 Å². The predicted molar refractivity (Wildman–Crippen MR) is 78.0 cm³/mol. The van der Waals surface area contributed by atoms with Crippen LogP contribution >= 0.6 is 0 Å². The molecule has 0 bridgehead atoms. The minimum atomic E-state index is -2.94. The van der Waals surface area contributed by atoms with Crippen LogP contribution in [0.3, 0.4) is 0 Å². The molecule has 7 nitrogen and oxygen atoms in total. The van der Waals surface area contributed by atoms with Gasteiger partial charge in [0.2, 0.25) is 0 Å². The lowest BCUT2D eigenvalue weighted by molar-refractivity contribution is -0.136. The van der Waals surface area contributed by atoms with E-state index in [0.717, 1.165) is 17.0 Å². The molecular weight excluding hydrogens is 294 g/mol. The number of carboxylic acid groups (broad SMARTS) is 1. The summed E-state index contributed by atoms with van der Waals surface area (Å²) in [5.41, 5.74) is 2.83. The smallest absolute Gasteiger partial charge is 0.304 e. The minimum Gasteiger partial charge on any atom is -0.481 e. The third kappa shape index (κ3) is 3.82. The molecule has 1 unspecified atom stereocenters. The maximum atomic E-state index is 11.6. The molecule has 0 aliphatic carbocycles. The molecule has 2 rings (SSSR count). The Hall–Kier alpha value is -1.41. The van der Waals surface area contributed by atoms with Crippen LogP contribution in [0.4, 0.5) is 0 Å². The number of hydrogen-bond donors (Lipinski definition) is 2. The van der Waals surface area contributed by atoms with Gasteiger partial charge in [0, 0.05) is 24.3 Å². The normalized spacial score (nSPS) is 20.8. The average molecular weight is 315 g/mol. The Balaban J connectivity index is 2.05. The summed E-state index contributed by atoms with van der Waals surface area (Å²) >= 11 is 0. The molecule has 2 heterocycles. The van der Waals surface area contributed by atoms with E-state index in [9.17, 15) is 13.2 Å². The van der Waals surface area contributed by atoms with Gasteiger partial charge in [0.15, 0.2) is 9.84 Å². The molecule has 8 heteroatoms. The Bertz CT molecular complexity index is 636. The number of aryl methyl sites for hydroxylation is 1. The second-order valence-electron chi connectivity index (χ2n) is 5.47. The zero-order valence-corrected chi connectivity index (χ0v) is 13.1. The fourth-order valence-electron chi connectivity index (χ4n) is 2.69. The molecule has 1 aliphatic rings. The van der Waals surface area contributed by atoms with Crippen molar-refractivity contribution in [3.05, 3.63) is 17.0 Å². The van der Waals surface area contributed by atoms with Crippen LogP contribution in [-0.2, 0) is 21.2 Å². The summed E-state index contributed by atoms with van der Waals surface area (Å²) in [5, 5.41) is 16.2. The number of aliphatic carboxylic acids is 1. The molecule has 2 N–H and O–H groups in total. The fourth-order valence-corrected chi connectivity index (χ4v) is 4.38. The lowest BCUT2D eigenvalue weighted by atomic mass is 10.2. The second kappa shape index (κ2) is 6.15. The van der Waals surface area contributed by atoms with Crippen molar-refractivity contribution < 1.29 is 18.3 Å². The highest BCUT2D eigenvalue weighted by Gasteiger charge is 2.31. The highest BCUT2D eigenvalue weighted by atomic mass is 32.2. The maximum absolute atomic E-state index is 11.6. The molecular formula is C13H21N3O4S. The van der Waals surface area contributed by atoms with Crippen molar-refractivity contribution in [3.63, 3.8) is 0 Å². The van der Waals surface area contributed by atoms with Crippen LogP contribution in [-0.4, -0.2) is 47.3 Å². The molecule has 118 valence electrons. The van der Waals surface area contributed by atoms with Crippen molar-refractivity contribution in [1.82, 2.24) is 15.1 Å². The molecule has 0 amide bonds. The summed E-state index contributed by atoms with van der Waals surface area (Å²) in [4.78, 5) is 10.5. The Morgan fingerprint density at radius 2 is 2.19 bits per heavy atom. The van der Waals surface area contributed by atoms with Crippen molar-refractivity contribution in [3.8, 4) is 0 Å². The molecule has 1 aromatic heterocycles. The van der Waals surface area contributed by atoms with Crippen molar-refractivity contribution in [2.24, 2.45) is 0 Å². The van der Waals surface area contributed by atoms with Crippen LogP contribution in [0.15, 0.2) is 0 Å². The first kappa shape index (κ1) is 16.0. The number of nitrogens with one attached hydrogen (secondary N) is 1. The Labute approximate surface area is 124 Å². The largest absolute Gasteiger partial charge is 0.481 e. The first-order valence-corrected chi connectivity index (χ1v) is 8.80. The average Bonchev–Trinajstić information content (AvgIpc) is 2.87. The fraction of sp³-hybridized carbons (Fsp3) is 0.692. The van der Waals surface area contributed by atoms with E-state index in [2.05, 4.69) is 10.4 Å². The van der Waals surface area contributed by atoms with Crippen molar-refractivity contribution in [2.45, 2.75) is 39.3 Å². The number of nitrogens with zero attached hydrogens (tertiary/aromatic N) is 2. The number of hydrogen-bond acceptors (Lipinski definition) is 5. The van der Waals surface area contributed by atoms with E-state index in [-0.39, 0.29) is 24.0 Å². The van der Waals surface area contributed by atoms with E-state index in [0.29, 0.717) is 19.5 Å². The molecule has 1 atom stereocenters. The first-order valence-electron chi connectivity index (χ1n) is 6.97. The molecule has 1 aromatic rings. The van der Waals surface area contributed by atoms with Crippen LogP contribution in [0.2, 0.25) is 0 Å². The van der Waals surface area contributed by atoms with Gasteiger partial charge in [0.1, 0.15) is 0 Å². The van der Waals surface area contributed by atoms with Gasteiger partial charge >= 0.3 is 5.97 Å². The second-order valence-corrected chi connectivity index (χ2v) is 7.70. The highest BCUT2D eigenvalue weighted by Crippen LogP contribution is 2.26. The quantitative estimate of drug-likeness (QED) is 0.738. The van der Waals surface area contributed by atoms with E-state index in [1.165, 1.54) is 0 Å². The zero-order valence-electron chi connectivity index (χ0n) is 12.3. The van der Waals surface area contributed by atoms with Gasteiger partial charge in [0.05, 0.1) is 29.7 Å². The van der Waals surface area contributed by atoms with Gasteiger partial charge in [-0.25, -0.2) is 8.42 Å². The number of aromatic nitrogens is 2. The SMILES string of the molecule is Cc1nn(C2CCS(=O)(=O)C2)c(C)c1CNCCC(=O)O. The van der Waals surface area contributed by atoms with Gasteiger partial charge in [0.25, 0.3) is 0 Å². The molecule has 0 aromatic carbocycles. The van der Waals surface area contributed by atoms with Gasteiger partial charge in [-0.2, -0.15) is 5.10 Å². The van der Waals surface area contributed by atoms with Crippen molar-refractivity contribution in [1.29, 1.82) is 0 Å². The summed E-state index contributed by atoms with van der Waals surface area (Å²) in [6, 6.07) is -0.0820. The Morgan fingerprint density at radius 1 is 1.48 bits per heavy atom. The third-order valence-corrected chi connectivity index (χ3v) is 5.60. The molecule has 1 aliphatic heterocycles. The maximum Gasteiger partial charge on any atom is 0.304 e. The molecule has 1 fully saturated rings. The third-order valence-electron chi connectivity index (χ3n) is 3.85. The lowest BCUT2D eigenvalue weighted by Gasteiger charge is -2.11. The zero-order chi connectivity index (χ0) is 15.6. The molecule has 0 radical (unpaired) electrons. The van der Waals surface area contributed by atoms with Gasteiger partial charge in [-0.15, -0.1) is 0 Å². The minimum absolute atomic E-state index is 0.0765. The summed E-state index contributed by atoms with van der Waals surface area (Å²) in [6.07, 6.45) is 0.684. The van der Waals surface area contributed by atoms with E-state index in [1.54, 1.807) is 0 Å². The van der Waals surface area contributed by atoms with Gasteiger partial charge < -0.3 is 10.4 Å². The summed E-state index contributed by atoms with van der Waals surface area (Å²) in [7, 11) is -2.94. The number of rotatable bonds is 6. The molecule has 1 saturated heterocycles. The summed E-state index contributed by atoms with van der Waals surface area (Å²) in [6.45, 7) is 4.77. The molecule has 0 spiro atoms. The molecule has 0 saturated carbocycles. The molecule has 21 heavy (non-hydrogen) atoms. The van der Waals surface area contributed by atoms with Crippen LogP contribution in [0.25, 0.3) is 0 Å². The number of carbonyl (C=O) groups is 1. The predicted octanol–water partition coefficient (Wildman–Crippen LogP) is 0.424. The Kier molecular flexibility index (Phi) is 4.67. The standard InChI is InChI=1S/C13H21N3O4S/c1-9-12(7-14-5-3-13(17)18)10(2)16(15-9)11-4-6-21(19,20)8-11/h11,14H,3-8H2,1-2H3,(H,17,18). The van der Waals surface area contributed by atoms with E-state index < -0.39 is 15.8 Å². The summed E-state index contributed by atoms with van der Waals surface area (Å²) in [5.74, 6) is -0.453. The number of sulfone groups is 1. The highest BCUT2D eigenvalue weighted by molar-refractivity contribution is 7.91. The number of carboxylic acids is 1. The topological polar surface area (TPSA) is 101 Å². The van der Waals surface area contributed by atoms with Crippen LogP contribution in [0.5, 0.6) is 0 Å². The summed E-state index contributed by atoms with van der Waals surface area (Å²) < 4.78 is 25.0. The lowest BCUT2D eigenvalue weighted by Crippen LogP contribution is -2.19. The van der Waals surface area contributed by atoms with Gasteiger partial charge in [-0.3, -0.25) is 9.48 Å². The van der Waals surface area contributed by atoms with Crippen molar-refractivity contribution in [2.75, 3.05) is 18.1 Å². The Morgan fingerprint density at radius 3 is 2.76 bits per heavy atom. The van der Waals surface area contributed by atoms with E-state index in [4.69, 9.17) is 5.11 Å². The van der Waals surface area contributed by atoms with Gasteiger partial charge in [-0.05, 0) is 20.3 Å². The monoisotopic (exact) mass is 315 g/mol. The van der Waals surface area contributed by atoms with Gasteiger partial charge in [-0.1, -0.05) is 0 Å².